The lowest BCUT2D eigenvalue weighted by Crippen LogP contribution is -2.37. The summed E-state index contributed by atoms with van der Waals surface area (Å²) in [6.07, 6.45) is 3.06. The van der Waals surface area contributed by atoms with Crippen molar-refractivity contribution < 1.29 is 52.3 Å². The molecular weight excluding hydrogens is 1360 g/mol. The number of halogens is 7. The van der Waals surface area contributed by atoms with Gasteiger partial charge in [-0.25, -0.2) is 14.4 Å². The SMILES string of the molecule is C.C.CN(CC1OCCc2c(Cl)cccc21)C(=O)OC(C)(C)C.CN(C[C@@H]1OCCc2c(Cl)cccc21)C(=O)OC(C)(C)C.CN(C[C@H]1OCCc2c(Cl)cccc21)C(=O)OC(C)(C)C.CNC[C@@H]1OCCc2c(Cl)cccc21.CNC[C@H]1OCCc2c(Cl)cccc21.Cl.Cl. The minimum absolute atomic E-state index is 0. The molecule has 95 heavy (non-hydrogen) atoms. The van der Waals surface area contributed by atoms with Crippen molar-refractivity contribution in [3.05, 3.63) is 172 Å². The van der Waals surface area contributed by atoms with Gasteiger partial charge in [0.15, 0.2) is 0 Å². The lowest BCUT2D eigenvalue weighted by Gasteiger charge is -2.31. The van der Waals surface area contributed by atoms with E-state index in [1.165, 1.54) is 22.3 Å². The lowest BCUT2D eigenvalue weighted by atomic mass is 9.97. The number of hydrogen-bond acceptors (Lipinski definition) is 13. The average Bonchev–Trinajstić information content (AvgIpc) is 0.855. The maximum atomic E-state index is 12.0. The molecule has 0 saturated carbocycles. The molecule has 5 aliphatic heterocycles. The first-order valence-electron chi connectivity index (χ1n) is 31.0. The highest BCUT2D eigenvalue weighted by molar-refractivity contribution is 6.32. The average molecular weight is 1460 g/mol. The highest BCUT2D eigenvalue weighted by Gasteiger charge is 2.31. The zero-order valence-corrected chi connectivity index (χ0v) is 61.6. The van der Waals surface area contributed by atoms with Crippen LogP contribution in [0.3, 0.4) is 0 Å². The van der Waals surface area contributed by atoms with Crippen molar-refractivity contribution in [2.45, 2.75) is 157 Å². The van der Waals surface area contributed by atoms with Crippen LogP contribution >= 0.6 is 82.8 Å². The van der Waals surface area contributed by atoms with Gasteiger partial charge in [0.05, 0.1) is 64.9 Å². The summed E-state index contributed by atoms with van der Waals surface area (Å²) < 4.78 is 44.8. The number of likely N-dealkylation sites (N-methyl/N-ethyl adjacent to an activating group) is 5. The largest absolute Gasteiger partial charge is 0.444 e. The standard InChI is InChI=1S/3C16H22ClNO3.2C11H14ClNO.2CH4.2ClH/c3*1-16(2,3)21-15(19)18(4)10-14-12-6-5-7-13(17)11(12)8-9-20-14;2*1-13-7-11-9-3-2-4-10(12)8(9)5-6-14-11;;;;/h3*5-7,14H,8-10H2,1-4H3;2*2-4,11,13H,5-7H2,1H3;2*1H4;2*1H/t2*14-;;2*11-;;;;/m10.10..../s1. The van der Waals surface area contributed by atoms with Crippen LogP contribution in [-0.2, 0) is 70.0 Å². The minimum atomic E-state index is -0.500. The molecule has 5 aliphatic rings. The second kappa shape index (κ2) is 40.7. The van der Waals surface area contributed by atoms with Crippen LogP contribution in [0.5, 0.6) is 0 Å². The molecule has 532 valence electrons. The number of amides is 3. The molecule has 23 heteroatoms. The van der Waals surface area contributed by atoms with Crippen LogP contribution < -0.4 is 10.6 Å². The van der Waals surface area contributed by atoms with E-state index in [-0.39, 0.29) is 88.5 Å². The highest BCUT2D eigenvalue weighted by atomic mass is 35.5. The van der Waals surface area contributed by atoms with Crippen LogP contribution in [0.4, 0.5) is 14.4 Å². The maximum absolute atomic E-state index is 12.0. The van der Waals surface area contributed by atoms with Crippen LogP contribution in [0.15, 0.2) is 91.0 Å². The molecule has 3 amide bonds. The van der Waals surface area contributed by atoms with Crippen molar-refractivity contribution in [1.29, 1.82) is 0 Å². The van der Waals surface area contributed by atoms with Crippen molar-refractivity contribution in [2.24, 2.45) is 0 Å². The fourth-order valence-corrected chi connectivity index (χ4v) is 12.2. The van der Waals surface area contributed by atoms with Crippen LogP contribution in [0.25, 0.3) is 0 Å². The van der Waals surface area contributed by atoms with E-state index in [0.29, 0.717) is 39.5 Å². The molecule has 0 radical (unpaired) electrons. The summed E-state index contributed by atoms with van der Waals surface area (Å²) >= 11 is 31.0. The zero-order valence-electron chi connectivity index (χ0n) is 56.2. The van der Waals surface area contributed by atoms with Crippen molar-refractivity contribution in [1.82, 2.24) is 25.3 Å². The summed E-state index contributed by atoms with van der Waals surface area (Å²) in [6, 6.07) is 29.5. The highest BCUT2D eigenvalue weighted by Crippen LogP contribution is 2.37. The molecule has 0 aliphatic carbocycles. The first-order valence-corrected chi connectivity index (χ1v) is 32.9. The zero-order chi connectivity index (χ0) is 66.8. The molecule has 0 spiro atoms. The summed E-state index contributed by atoms with van der Waals surface area (Å²) in [6.45, 7) is 23.1. The Labute approximate surface area is 604 Å². The quantitative estimate of drug-likeness (QED) is 0.127. The molecule has 5 aromatic rings. The summed E-state index contributed by atoms with van der Waals surface area (Å²) in [4.78, 5) is 40.7. The Morgan fingerprint density at radius 1 is 0.389 bits per heavy atom. The van der Waals surface area contributed by atoms with Gasteiger partial charge in [0, 0.05) is 59.3 Å². The third-order valence-corrected chi connectivity index (χ3v) is 16.8. The van der Waals surface area contributed by atoms with E-state index in [1.54, 1.807) is 35.8 Å². The Morgan fingerprint density at radius 3 is 0.768 bits per heavy atom. The molecular formula is C72H104Cl7N5O11. The molecule has 2 N–H and O–H groups in total. The number of carbonyl (C=O) groups excluding carboxylic acids is 3. The molecule has 1 unspecified atom stereocenters. The first-order chi connectivity index (χ1) is 43.0. The molecule has 0 saturated heterocycles. The van der Waals surface area contributed by atoms with E-state index >= 15 is 0 Å². The topological polar surface area (TPSA) is 159 Å². The van der Waals surface area contributed by atoms with Gasteiger partial charge in [-0.3, -0.25) is 0 Å². The molecule has 0 bridgehead atoms. The number of carbonyl (C=O) groups is 3. The normalized spacial score (nSPS) is 18.0. The number of hydrogen-bond donors (Lipinski definition) is 2. The van der Waals surface area contributed by atoms with E-state index in [4.69, 9.17) is 95.9 Å². The van der Waals surface area contributed by atoms with Gasteiger partial charge in [0.1, 0.15) is 35.1 Å². The predicted octanol–water partition coefficient (Wildman–Crippen LogP) is 17.9. The van der Waals surface area contributed by atoms with E-state index in [2.05, 4.69) is 22.8 Å². The van der Waals surface area contributed by atoms with Gasteiger partial charge >= 0.3 is 18.3 Å². The number of nitrogens with zero attached hydrogens (tertiary/aromatic N) is 3. The number of nitrogens with one attached hydrogen (secondary N) is 2. The second-order valence-corrected chi connectivity index (χ2v) is 27.8. The minimum Gasteiger partial charge on any atom is -0.444 e. The van der Waals surface area contributed by atoms with E-state index in [0.717, 1.165) is 117 Å². The lowest BCUT2D eigenvalue weighted by molar-refractivity contribution is -0.00186. The van der Waals surface area contributed by atoms with Crippen molar-refractivity contribution in [2.75, 3.05) is 101 Å². The van der Waals surface area contributed by atoms with Gasteiger partial charge in [-0.2, -0.15) is 0 Å². The predicted molar refractivity (Wildman–Crippen MR) is 392 cm³/mol. The third-order valence-electron chi connectivity index (χ3n) is 15.1. The Balaban J connectivity index is 0.000000404. The second-order valence-electron chi connectivity index (χ2n) is 25.8. The van der Waals surface area contributed by atoms with Gasteiger partial charge in [-0.1, -0.05) is 134 Å². The van der Waals surface area contributed by atoms with Gasteiger partial charge in [0.2, 0.25) is 0 Å². The number of benzene rings is 5. The number of rotatable bonds is 10. The van der Waals surface area contributed by atoms with E-state index < -0.39 is 16.8 Å². The van der Waals surface area contributed by atoms with Crippen LogP contribution in [0, 0.1) is 0 Å². The van der Waals surface area contributed by atoms with Crippen LogP contribution in [0.1, 0.15) is 163 Å². The van der Waals surface area contributed by atoms with Crippen molar-refractivity contribution >= 4 is 101 Å². The Kier molecular flexibility index (Phi) is 37.1. The van der Waals surface area contributed by atoms with Gasteiger partial charge in [-0.05, 0) is 194 Å². The monoisotopic (exact) mass is 1460 g/mol. The number of ether oxygens (including phenoxy) is 8. The molecule has 16 nitrogen and oxygen atoms in total. The van der Waals surface area contributed by atoms with Crippen LogP contribution in [0.2, 0.25) is 25.1 Å². The molecule has 10 rings (SSSR count). The Hall–Kier alpha value is -4.34. The fraction of sp³-hybridized carbons (Fsp3) is 0.542. The fourth-order valence-electron chi connectivity index (χ4n) is 10.8. The number of fused-ring (bicyclic) bond motifs is 5. The molecule has 5 aromatic carbocycles. The maximum Gasteiger partial charge on any atom is 0.410 e. The smallest absolute Gasteiger partial charge is 0.410 e. The Morgan fingerprint density at radius 2 is 0.579 bits per heavy atom. The van der Waals surface area contributed by atoms with Crippen molar-refractivity contribution in [3.8, 4) is 0 Å². The molecule has 5 atom stereocenters. The van der Waals surface area contributed by atoms with Crippen LogP contribution in [-0.4, -0.2) is 151 Å². The van der Waals surface area contributed by atoms with E-state index in [1.807, 2.05) is 155 Å². The Bertz CT molecular complexity index is 2910. The van der Waals surface area contributed by atoms with E-state index in [9.17, 15) is 14.4 Å². The van der Waals surface area contributed by atoms with Crippen molar-refractivity contribution in [3.63, 3.8) is 0 Å². The molecule has 0 fully saturated rings. The molecule has 5 heterocycles. The van der Waals surface area contributed by atoms with Gasteiger partial charge < -0.3 is 63.2 Å². The van der Waals surface area contributed by atoms with Gasteiger partial charge in [-0.15, -0.1) is 24.8 Å². The summed E-state index contributed by atoms with van der Waals surface area (Å²) in [5, 5.41) is 10.3. The van der Waals surface area contributed by atoms with Gasteiger partial charge in [0.25, 0.3) is 0 Å². The first kappa shape index (κ1) is 86.7. The summed E-state index contributed by atoms with van der Waals surface area (Å²) in [7, 11) is 9.02. The summed E-state index contributed by atoms with van der Waals surface area (Å²) in [5.74, 6) is 0. The third kappa shape index (κ3) is 26.7. The summed E-state index contributed by atoms with van der Waals surface area (Å²) in [5.41, 5.74) is 10.0. The molecule has 0 aromatic heterocycles.